The highest BCUT2D eigenvalue weighted by Crippen LogP contribution is 2.36. The number of nitrogens with one attached hydrogen (secondary N) is 2. The predicted molar refractivity (Wildman–Crippen MR) is 108 cm³/mol. The monoisotopic (exact) mass is 396 g/mol. The minimum absolute atomic E-state index is 0.238. The second-order valence-electron chi connectivity index (χ2n) is 6.91. The van der Waals surface area contributed by atoms with E-state index in [9.17, 15) is 14.4 Å². The lowest BCUT2D eigenvalue weighted by Gasteiger charge is -2.35. The van der Waals surface area contributed by atoms with E-state index in [-0.39, 0.29) is 17.7 Å². The van der Waals surface area contributed by atoms with Crippen molar-refractivity contribution >= 4 is 23.4 Å². The van der Waals surface area contributed by atoms with E-state index in [1.807, 2.05) is 19.1 Å². The summed E-state index contributed by atoms with van der Waals surface area (Å²) in [5.74, 6) is 0.224. The molecule has 0 aromatic heterocycles. The van der Waals surface area contributed by atoms with E-state index in [0.29, 0.717) is 42.0 Å². The Morgan fingerprint density at radius 1 is 1.07 bits per heavy atom. The first-order chi connectivity index (χ1) is 13.9. The van der Waals surface area contributed by atoms with Gasteiger partial charge in [0, 0.05) is 17.7 Å². The number of piperidine rings is 1. The van der Waals surface area contributed by atoms with Gasteiger partial charge in [0.2, 0.25) is 11.8 Å². The molecule has 0 aliphatic carbocycles. The van der Waals surface area contributed by atoms with Crippen LogP contribution in [0.3, 0.4) is 0 Å². The van der Waals surface area contributed by atoms with E-state index in [0.717, 1.165) is 5.56 Å². The van der Waals surface area contributed by atoms with Crippen molar-refractivity contribution in [3.05, 3.63) is 53.6 Å². The summed E-state index contributed by atoms with van der Waals surface area (Å²) >= 11 is 0. The lowest BCUT2D eigenvalue weighted by atomic mass is 9.72. The molecule has 1 saturated heterocycles. The van der Waals surface area contributed by atoms with Crippen LogP contribution in [0.15, 0.2) is 42.5 Å². The van der Waals surface area contributed by atoms with E-state index in [2.05, 4.69) is 10.6 Å². The Balaban J connectivity index is 1.78. The molecular weight excluding hydrogens is 372 g/mol. The molecule has 7 heteroatoms. The highest BCUT2D eigenvalue weighted by atomic mass is 16.5. The fraction of sp³-hybridized carbons (Fsp3) is 0.318. The zero-order valence-electron chi connectivity index (χ0n) is 16.7. The molecule has 2 aromatic carbocycles. The van der Waals surface area contributed by atoms with Crippen molar-refractivity contribution in [1.82, 2.24) is 5.32 Å². The van der Waals surface area contributed by atoms with Crippen LogP contribution in [0.4, 0.5) is 5.69 Å². The molecule has 3 amide bonds. The summed E-state index contributed by atoms with van der Waals surface area (Å²) in [6.45, 7) is 1.93. The third-order valence-corrected chi connectivity index (χ3v) is 5.41. The van der Waals surface area contributed by atoms with Crippen LogP contribution in [0, 0.1) is 0 Å². The fourth-order valence-electron chi connectivity index (χ4n) is 3.62. The van der Waals surface area contributed by atoms with Gasteiger partial charge >= 0.3 is 0 Å². The molecule has 2 aromatic rings. The summed E-state index contributed by atoms with van der Waals surface area (Å²) in [4.78, 5) is 36.6. The molecule has 0 bridgehead atoms. The zero-order chi connectivity index (χ0) is 21.0. The molecule has 0 saturated carbocycles. The molecule has 7 nitrogen and oxygen atoms in total. The molecule has 0 radical (unpaired) electrons. The molecule has 1 fully saturated rings. The largest absolute Gasteiger partial charge is 0.493 e. The molecule has 1 atom stereocenters. The average molecular weight is 396 g/mol. The summed E-state index contributed by atoms with van der Waals surface area (Å²) in [6.07, 6.45) is 1.38. The number of carbonyl (C=O) groups excluding carboxylic acids is 3. The molecular formula is C22H24N2O5. The number of amides is 3. The van der Waals surface area contributed by atoms with Gasteiger partial charge in [0.1, 0.15) is 0 Å². The van der Waals surface area contributed by atoms with Crippen molar-refractivity contribution < 1.29 is 23.9 Å². The van der Waals surface area contributed by atoms with Gasteiger partial charge in [-0.1, -0.05) is 19.1 Å². The van der Waals surface area contributed by atoms with E-state index in [1.165, 1.54) is 14.2 Å². The van der Waals surface area contributed by atoms with E-state index in [4.69, 9.17) is 9.47 Å². The molecule has 29 heavy (non-hydrogen) atoms. The number of rotatable bonds is 6. The summed E-state index contributed by atoms with van der Waals surface area (Å²) in [5.41, 5.74) is 1.14. The maximum absolute atomic E-state index is 12.6. The first kappa shape index (κ1) is 20.4. The number of carbonyl (C=O) groups is 3. The summed E-state index contributed by atoms with van der Waals surface area (Å²) in [6, 6.07) is 12.1. The standard InChI is InChI=1S/C22H24N2O5/c1-4-22(12-11-19(25)24-21(22)27)15-6-8-16(9-7-15)23-20(26)14-5-10-17(28-2)18(13-14)29-3/h5-10,13H,4,11-12H2,1-3H3,(H,23,26)(H,24,25,27)/t22-/m1/s1. The van der Waals surface area contributed by atoms with E-state index >= 15 is 0 Å². The Kier molecular flexibility index (Phi) is 5.87. The van der Waals surface area contributed by atoms with Crippen molar-refractivity contribution in [2.45, 2.75) is 31.6 Å². The second-order valence-corrected chi connectivity index (χ2v) is 6.91. The Hall–Kier alpha value is -3.35. The summed E-state index contributed by atoms with van der Waals surface area (Å²) < 4.78 is 10.4. The first-order valence-corrected chi connectivity index (χ1v) is 9.41. The van der Waals surface area contributed by atoms with Crippen LogP contribution >= 0.6 is 0 Å². The van der Waals surface area contributed by atoms with Gasteiger partial charge in [-0.25, -0.2) is 0 Å². The number of hydrogen-bond acceptors (Lipinski definition) is 5. The molecule has 3 rings (SSSR count). The number of anilines is 1. The van der Waals surface area contributed by atoms with Crippen LogP contribution in [0.25, 0.3) is 0 Å². The summed E-state index contributed by atoms with van der Waals surface area (Å²) in [7, 11) is 3.04. The minimum Gasteiger partial charge on any atom is -0.493 e. The maximum atomic E-state index is 12.6. The fourth-order valence-corrected chi connectivity index (χ4v) is 3.62. The first-order valence-electron chi connectivity index (χ1n) is 9.41. The summed E-state index contributed by atoms with van der Waals surface area (Å²) in [5, 5.41) is 5.27. The van der Waals surface area contributed by atoms with Gasteiger partial charge in [0.05, 0.1) is 19.6 Å². The molecule has 152 valence electrons. The van der Waals surface area contributed by atoms with Gasteiger partial charge in [-0.05, 0) is 48.7 Å². The lowest BCUT2D eigenvalue weighted by molar-refractivity contribution is -0.138. The van der Waals surface area contributed by atoms with Crippen molar-refractivity contribution in [2.75, 3.05) is 19.5 Å². The topological polar surface area (TPSA) is 93.7 Å². The Morgan fingerprint density at radius 2 is 1.76 bits per heavy atom. The highest BCUT2D eigenvalue weighted by Gasteiger charge is 2.42. The Labute approximate surface area is 169 Å². The van der Waals surface area contributed by atoms with E-state index < -0.39 is 5.41 Å². The van der Waals surface area contributed by atoms with Crippen molar-refractivity contribution in [3.63, 3.8) is 0 Å². The highest BCUT2D eigenvalue weighted by molar-refractivity contribution is 6.05. The molecule has 1 aliphatic heterocycles. The van der Waals surface area contributed by atoms with E-state index in [1.54, 1.807) is 30.3 Å². The smallest absolute Gasteiger partial charge is 0.255 e. The zero-order valence-corrected chi connectivity index (χ0v) is 16.7. The molecule has 0 spiro atoms. The quantitative estimate of drug-likeness (QED) is 0.732. The number of hydrogen-bond donors (Lipinski definition) is 2. The van der Waals surface area contributed by atoms with Crippen molar-refractivity contribution in [3.8, 4) is 11.5 Å². The van der Waals surface area contributed by atoms with Crippen molar-refractivity contribution in [2.24, 2.45) is 0 Å². The SMILES string of the molecule is CC[C@]1(c2ccc(NC(=O)c3ccc(OC)c(OC)c3)cc2)CCC(=O)NC1=O. The number of ether oxygens (including phenoxy) is 2. The Bertz CT molecular complexity index is 939. The van der Waals surface area contributed by atoms with Gasteiger partial charge in [0.15, 0.2) is 11.5 Å². The van der Waals surface area contributed by atoms with Crippen LogP contribution in [0.1, 0.15) is 42.1 Å². The maximum Gasteiger partial charge on any atom is 0.255 e. The minimum atomic E-state index is -0.722. The number of imide groups is 1. The third kappa shape index (κ3) is 3.94. The average Bonchev–Trinajstić information content (AvgIpc) is 2.74. The second kappa shape index (κ2) is 8.34. The molecule has 1 aliphatic rings. The molecule has 1 heterocycles. The number of methoxy groups -OCH3 is 2. The molecule has 0 unspecified atom stereocenters. The van der Waals surface area contributed by atoms with Gasteiger partial charge in [-0.2, -0.15) is 0 Å². The van der Waals surface area contributed by atoms with Gasteiger partial charge in [-0.3, -0.25) is 19.7 Å². The number of benzene rings is 2. The van der Waals surface area contributed by atoms with Gasteiger partial charge in [-0.15, -0.1) is 0 Å². The van der Waals surface area contributed by atoms with Gasteiger partial charge < -0.3 is 14.8 Å². The lowest BCUT2D eigenvalue weighted by Crippen LogP contribution is -2.51. The van der Waals surface area contributed by atoms with Crippen molar-refractivity contribution in [1.29, 1.82) is 0 Å². The predicted octanol–water partition coefficient (Wildman–Crippen LogP) is 3.04. The Morgan fingerprint density at radius 3 is 2.34 bits per heavy atom. The van der Waals surface area contributed by atoms with Crippen LogP contribution in [0.5, 0.6) is 11.5 Å². The molecule has 2 N–H and O–H groups in total. The van der Waals surface area contributed by atoms with Gasteiger partial charge in [0.25, 0.3) is 5.91 Å². The van der Waals surface area contributed by atoms with Crippen LogP contribution in [-0.2, 0) is 15.0 Å². The van der Waals surface area contributed by atoms with Crippen LogP contribution in [-0.4, -0.2) is 31.9 Å². The third-order valence-electron chi connectivity index (χ3n) is 5.41. The van der Waals surface area contributed by atoms with Crippen LogP contribution < -0.4 is 20.1 Å². The van der Waals surface area contributed by atoms with Crippen LogP contribution in [0.2, 0.25) is 0 Å². The normalized spacial score (nSPS) is 18.7.